The van der Waals surface area contributed by atoms with Crippen molar-refractivity contribution in [3.05, 3.63) is 40.2 Å². The third-order valence-corrected chi connectivity index (χ3v) is 3.58. The lowest BCUT2D eigenvalue weighted by Gasteiger charge is -2.01. The molecule has 19 heavy (non-hydrogen) atoms. The van der Waals surface area contributed by atoms with Crippen LogP contribution in [0.25, 0.3) is 11.0 Å². The predicted molar refractivity (Wildman–Crippen MR) is 75.7 cm³/mol. The zero-order valence-corrected chi connectivity index (χ0v) is 11.8. The lowest BCUT2D eigenvalue weighted by molar-refractivity contribution is 0.216. The third-order valence-electron chi connectivity index (χ3n) is 2.34. The summed E-state index contributed by atoms with van der Waals surface area (Å²) in [5, 5.41) is 9.41. The zero-order chi connectivity index (χ0) is 13.2. The van der Waals surface area contributed by atoms with Gasteiger partial charge in [0.25, 0.3) is 0 Å². The number of carbonyl (C=O) groups is 1. The van der Waals surface area contributed by atoms with Crippen molar-refractivity contribution in [2.75, 3.05) is 5.32 Å². The molecule has 1 N–H and O–H groups in total. The van der Waals surface area contributed by atoms with Crippen LogP contribution in [0.2, 0.25) is 0 Å². The summed E-state index contributed by atoms with van der Waals surface area (Å²) in [6.45, 7) is 0. The van der Waals surface area contributed by atoms with Gasteiger partial charge in [-0.1, -0.05) is 21.1 Å². The number of halogens is 1. The van der Waals surface area contributed by atoms with Crippen LogP contribution in [0.3, 0.4) is 0 Å². The topological polar surface area (TPSA) is 64.4 Å². The molecule has 1 aromatic carbocycles. The monoisotopic (exact) mass is 338 g/mol. The first-order valence-corrected chi connectivity index (χ1v) is 6.97. The largest absolute Gasteiger partial charge is 0.419 e. The molecular formula is C12H7BrN2O3S. The van der Waals surface area contributed by atoms with Crippen molar-refractivity contribution < 1.29 is 14.1 Å². The number of thiophene rings is 1. The summed E-state index contributed by atoms with van der Waals surface area (Å²) in [7, 11) is 0. The lowest BCUT2D eigenvalue weighted by atomic mass is 10.2. The van der Waals surface area contributed by atoms with Crippen LogP contribution in [0.5, 0.6) is 5.06 Å². The minimum Gasteiger partial charge on any atom is -0.399 e. The Morgan fingerprint density at radius 1 is 1.42 bits per heavy atom. The molecule has 2 heterocycles. The molecule has 0 bridgehead atoms. The highest BCUT2D eigenvalue weighted by molar-refractivity contribution is 9.10. The molecular weight excluding hydrogens is 332 g/mol. The van der Waals surface area contributed by atoms with E-state index in [0.29, 0.717) is 21.9 Å². The van der Waals surface area contributed by atoms with Crippen molar-refractivity contribution in [3.63, 3.8) is 0 Å². The molecule has 1 amide bonds. The van der Waals surface area contributed by atoms with Gasteiger partial charge in [0.2, 0.25) is 0 Å². The number of rotatable bonds is 2. The van der Waals surface area contributed by atoms with E-state index in [0.717, 1.165) is 4.47 Å². The number of benzene rings is 1. The maximum Gasteiger partial charge on any atom is 0.419 e. The van der Waals surface area contributed by atoms with Crippen molar-refractivity contribution in [1.29, 1.82) is 0 Å². The van der Waals surface area contributed by atoms with Gasteiger partial charge in [-0.25, -0.2) is 4.79 Å². The predicted octanol–water partition coefficient (Wildman–Crippen LogP) is 4.26. The average Bonchev–Trinajstić information content (AvgIpc) is 2.99. The molecule has 0 aliphatic heterocycles. The van der Waals surface area contributed by atoms with Crippen LogP contribution in [0, 0.1) is 0 Å². The standard InChI is InChI=1S/C12H7BrN2O3S/c13-7-3-4-8-9(6-7)18-15-11(8)14-12(16)17-10-2-1-5-19-10/h1-6H,(H,14,15,16). The van der Waals surface area contributed by atoms with E-state index in [1.807, 2.05) is 11.4 Å². The summed E-state index contributed by atoms with van der Waals surface area (Å²) in [6, 6.07) is 8.93. The second-order valence-corrected chi connectivity index (χ2v) is 5.44. The number of carbonyl (C=O) groups excluding carboxylic acids is 1. The second-order valence-electron chi connectivity index (χ2n) is 3.62. The van der Waals surface area contributed by atoms with E-state index in [4.69, 9.17) is 9.26 Å². The van der Waals surface area contributed by atoms with E-state index in [1.54, 1.807) is 24.3 Å². The Hall–Kier alpha value is -1.86. The molecule has 0 saturated heterocycles. The maximum absolute atomic E-state index is 11.7. The van der Waals surface area contributed by atoms with Crippen LogP contribution in [-0.4, -0.2) is 11.2 Å². The van der Waals surface area contributed by atoms with E-state index in [-0.39, 0.29) is 0 Å². The highest BCUT2D eigenvalue weighted by Crippen LogP contribution is 2.26. The number of aromatic nitrogens is 1. The van der Waals surface area contributed by atoms with Crippen molar-refractivity contribution in [1.82, 2.24) is 5.16 Å². The first kappa shape index (κ1) is 12.2. The highest BCUT2D eigenvalue weighted by Gasteiger charge is 2.13. The van der Waals surface area contributed by atoms with Gasteiger partial charge < -0.3 is 9.26 Å². The second kappa shape index (κ2) is 5.02. The molecule has 96 valence electrons. The fourth-order valence-electron chi connectivity index (χ4n) is 1.54. The van der Waals surface area contributed by atoms with Crippen molar-refractivity contribution in [2.45, 2.75) is 0 Å². The number of amides is 1. The van der Waals surface area contributed by atoms with Gasteiger partial charge in [-0.15, -0.1) is 11.3 Å². The molecule has 0 fully saturated rings. The van der Waals surface area contributed by atoms with Gasteiger partial charge in [-0.05, 0) is 35.7 Å². The lowest BCUT2D eigenvalue weighted by Crippen LogP contribution is -2.16. The first-order valence-electron chi connectivity index (χ1n) is 5.29. The molecule has 0 aliphatic carbocycles. The normalized spacial score (nSPS) is 10.6. The summed E-state index contributed by atoms with van der Waals surface area (Å²) in [5.41, 5.74) is 0.584. The Morgan fingerprint density at radius 3 is 3.11 bits per heavy atom. The Labute approximate surface area is 120 Å². The third kappa shape index (κ3) is 2.61. The summed E-state index contributed by atoms with van der Waals surface area (Å²) in [4.78, 5) is 11.7. The molecule has 0 aliphatic rings. The highest BCUT2D eigenvalue weighted by atomic mass is 79.9. The van der Waals surface area contributed by atoms with Crippen LogP contribution in [0.15, 0.2) is 44.7 Å². The average molecular weight is 339 g/mol. The summed E-state index contributed by atoms with van der Waals surface area (Å²) >= 11 is 4.67. The number of hydrogen-bond donors (Lipinski definition) is 1. The fraction of sp³-hybridized carbons (Fsp3) is 0. The molecule has 0 spiro atoms. The molecule has 2 aromatic heterocycles. The Balaban J connectivity index is 1.79. The van der Waals surface area contributed by atoms with Crippen molar-refractivity contribution in [3.8, 4) is 5.06 Å². The van der Waals surface area contributed by atoms with Gasteiger partial charge in [-0.2, -0.15) is 0 Å². The SMILES string of the molecule is O=C(Nc1noc2cc(Br)ccc12)Oc1cccs1. The summed E-state index contributed by atoms with van der Waals surface area (Å²) in [6.07, 6.45) is -0.597. The van der Waals surface area contributed by atoms with Gasteiger partial charge in [0.05, 0.1) is 5.39 Å². The van der Waals surface area contributed by atoms with E-state index < -0.39 is 6.09 Å². The van der Waals surface area contributed by atoms with Gasteiger partial charge in [0.1, 0.15) is 0 Å². The van der Waals surface area contributed by atoms with Crippen LogP contribution >= 0.6 is 27.3 Å². The van der Waals surface area contributed by atoms with Gasteiger partial charge in [0, 0.05) is 4.47 Å². The van der Waals surface area contributed by atoms with Crippen LogP contribution in [0.4, 0.5) is 10.6 Å². The molecule has 0 saturated carbocycles. The number of fused-ring (bicyclic) bond motifs is 1. The Morgan fingerprint density at radius 2 is 2.32 bits per heavy atom. The van der Waals surface area contributed by atoms with Crippen molar-refractivity contribution >= 4 is 50.1 Å². The van der Waals surface area contributed by atoms with Gasteiger partial charge >= 0.3 is 6.09 Å². The van der Waals surface area contributed by atoms with E-state index in [9.17, 15) is 4.79 Å². The Kier molecular flexibility index (Phi) is 3.22. The molecule has 7 heteroatoms. The van der Waals surface area contributed by atoms with Crippen molar-refractivity contribution in [2.24, 2.45) is 0 Å². The fourth-order valence-corrected chi connectivity index (χ4v) is 2.45. The number of anilines is 1. The number of nitrogens with one attached hydrogen (secondary N) is 1. The zero-order valence-electron chi connectivity index (χ0n) is 9.42. The van der Waals surface area contributed by atoms with Gasteiger partial charge in [0.15, 0.2) is 16.5 Å². The smallest absolute Gasteiger partial charge is 0.399 e. The summed E-state index contributed by atoms with van der Waals surface area (Å²) in [5.74, 6) is 0.337. The van der Waals surface area contributed by atoms with Gasteiger partial charge in [-0.3, -0.25) is 5.32 Å². The number of ether oxygens (including phenoxy) is 1. The Bertz CT molecular complexity index is 724. The molecule has 3 rings (SSSR count). The minimum atomic E-state index is -0.597. The minimum absolute atomic E-state index is 0.337. The van der Waals surface area contributed by atoms with E-state index >= 15 is 0 Å². The molecule has 0 atom stereocenters. The quantitative estimate of drug-likeness (QED) is 0.758. The molecule has 5 nitrogen and oxygen atoms in total. The number of hydrogen-bond acceptors (Lipinski definition) is 5. The van der Waals surface area contributed by atoms with Crippen LogP contribution in [0.1, 0.15) is 0 Å². The first-order chi connectivity index (χ1) is 9.22. The van der Waals surface area contributed by atoms with Crippen LogP contribution in [-0.2, 0) is 0 Å². The van der Waals surface area contributed by atoms with Crippen LogP contribution < -0.4 is 10.1 Å². The maximum atomic E-state index is 11.7. The molecule has 3 aromatic rings. The summed E-state index contributed by atoms with van der Waals surface area (Å²) < 4.78 is 11.1. The van der Waals surface area contributed by atoms with E-state index in [1.165, 1.54) is 11.3 Å². The molecule has 0 radical (unpaired) electrons. The van der Waals surface area contributed by atoms with E-state index in [2.05, 4.69) is 26.4 Å². The molecule has 0 unspecified atom stereocenters. The number of nitrogens with zero attached hydrogens (tertiary/aromatic N) is 1.